The van der Waals surface area contributed by atoms with Crippen molar-refractivity contribution in [2.45, 2.75) is 43.9 Å². The van der Waals surface area contributed by atoms with Gasteiger partial charge >= 0.3 is 0 Å². The topological polar surface area (TPSA) is 43.8 Å². The molecule has 0 saturated carbocycles. The average Bonchev–Trinajstić information content (AvgIpc) is 2.95. The minimum atomic E-state index is 0.0926. The Morgan fingerprint density at radius 2 is 2.09 bits per heavy atom. The molecule has 0 radical (unpaired) electrons. The van der Waals surface area contributed by atoms with Crippen LogP contribution in [0.3, 0.4) is 0 Å². The van der Waals surface area contributed by atoms with Crippen molar-refractivity contribution in [1.29, 1.82) is 0 Å². The summed E-state index contributed by atoms with van der Waals surface area (Å²) in [6.45, 7) is 4.78. The zero-order valence-electron chi connectivity index (χ0n) is 13.6. The lowest BCUT2D eigenvalue weighted by atomic mass is 9.97. The van der Waals surface area contributed by atoms with E-state index in [0.29, 0.717) is 11.9 Å². The number of rotatable bonds is 4. The molecule has 3 saturated heterocycles. The second-order valence-electron chi connectivity index (χ2n) is 6.88. The molecular weight excluding hydrogens is 292 g/mol. The maximum Gasteiger partial charge on any atom is 0.213 e. The van der Waals surface area contributed by atoms with E-state index in [0.717, 1.165) is 45.2 Å². The van der Waals surface area contributed by atoms with Gasteiger partial charge in [-0.1, -0.05) is 6.07 Å². The molecule has 4 rings (SSSR count). The Hall–Kier alpha value is -1.17. The van der Waals surface area contributed by atoms with E-state index in [2.05, 4.69) is 9.88 Å². The maximum absolute atomic E-state index is 6.16. The zero-order valence-corrected chi connectivity index (χ0v) is 13.6. The number of hydrogen-bond donors (Lipinski definition) is 0. The molecule has 3 atom stereocenters. The van der Waals surface area contributed by atoms with E-state index in [1.54, 1.807) is 6.20 Å². The molecule has 3 fully saturated rings. The van der Waals surface area contributed by atoms with Crippen LogP contribution in [0.1, 0.15) is 25.7 Å². The highest BCUT2D eigenvalue weighted by Gasteiger charge is 2.45. The summed E-state index contributed by atoms with van der Waals surface area (Å²) in [5.74, 6) is 1.46. The Morgan fingerprint density at radius 3 is 2.91 bits per heavy atom. The first kappa shape index (κ1) is 15.4. The largest absolute Gasteiger partial charge is 0.470 e. The Morgan fingerprint density at radius 1 is 1.17 bits per heavy atom. The van der Waals surface area contributed by atoms with Crippen molar-refractivity contribution in [1.82, 2.24) is 9.88 Å². The smallest absolute Gasteiger partial charge is 0.213 e. The van der Waals surface area contributed by atoms with Crippen LogP contribution in [0.4, 0.5) is 0 Å². The summed E-state index contributed by atoms with van der Waals surface area (Å²) in [5, 5.41) is 0. The molecule has 0 N–H and O–H groups in total. The summed E-state index contributed by atoms with van der Waals surface area (Å²) in [7, 11) is 0. The van der Waals surface area contributed by atoms with Gasteiger partial charge in [-0.3, -0.25) is 4.90 Å². The maximum atomic E-state index is 6.16. The van der Waals surface area contributed by atoms with Crippen LogP contribution in [0.5, 0.6) is 5.88 Å². The normalized spacial score (nSPS) is 32.6. The highest BCUT2D eigenvalue weighted by molar-refractivity contribution is 5.11. The number of likely N-dealkylation sites (tertiary alicyclic amines) is 1. The number of nitrogens with zero attached hydrogens (tertiary/aromatic N) is 2. The second-order valence-corrected chi connectivity index (χ2v) is 6.88. The first-order valence-corrected chi connectivity index (χ1v) is 8.91. The lowest BCUT2D eigenvalue weighted by molar-refractivity contribution is -0.0495. The van der Waals surface area contributed by atoms with E-state index in [4.69, 9.17) is 14.2 Å². The van der Waals surface area contributed by atoms with Gasteiger partial charge in [-0.25, -0.2) is 4.98 Å². The van der Waals surface area contributed by atoms with E-state index in [1.807, 2.05) is 18.2 Å². The molecule has 23 heavy (non-hydrogen) atoms. The Kier molecular flexibility index (Phi) is 4.78. The molecule has 0 amide bonds. The molecule has 0 unspecified atom stereocenters. The molecule has 5 nitrogen and oxygen atoms in total. The molecule has 126 valence electrons. The Labute approximate surface area is 137 Å². The van der Waals surface area contributed by atoms with Crippen molar-refractivity contribution >= 4 is 0 Å². The van der Waals surface area contributed by atoms with E-state index in [9.17, 15) is 0 Å². The van der Waals surface area contributed by atoms with Gasteiger partial charge in [0.05, 0.1) is 0 Å². The van der Waals surface area contributed by atoms with Gasteiger partial charge in [0.15, 0.2) is 0 Å². The molecule has 0 aliphatic carbocycles. The summed E-state index contributed by atoms with van der Waals surface area (Å²) in [4.78, 5) is 6.91. The van der Waals surface area contributed by atoms with E-state index in [-0.39, 0.29) is 12.2 Å². The van der Waals surface area contributed by atoms with Crippen LogP contribution in [0.25, 0.3) is 0 Å². The van der Waals surface area contributed by atoms with E-state index < -0.39 is 0 Å². The van der Waals surface area contributed by atoms with Crippen LogP contribution >= 0.6 is 0 Å². The van der Waals surface area contributed by atoms with Crippen LogP contribution in [-0.2, 0) is 9.47 Å². The predicted octanol–water partition coefficient (Wildman–Crippen LogP) is 2.12. The van der Waals surface area contributed by atoms with Gasteiger partial charge in [-0.05, 0) is 37.7 Å². The molecule has 1 aromatic rings. The summed E-state index contributed by atoms with van der Waals surface area (Å²) in [6.07, 6.45) is 6.79. The number of ether oxygens (including phenoxy) is 3. The first-order chi connectivity index (χ1) is 11.4. The lowest BCUT2D eigenvalue weighted by Gasteiger charge is -2.34. The molecule has 3 aliphatic rings. The fraction of sp³-hybridized carbons (Fsp3) is 0.722. The molecule has 5 heteroatoms. The van der Waals surface area contributed by atoms with Gasteiger partial charge in [0.1, 0.15) is 12.2 Å². The van der Waals surface area contributed by atoms with Gasteiger partial charge < -0.3 is 14.2 Å². The van der Waals surface area contributed by atoms with Gasteiger partial charge in [0, 0.05) is 51.2 Å². The molecule has 1 aromatic heterocycles. The van der Waals surface area contributed by atoms with Crippen LogP contribution in [-0.4, -0.2) is 61.0 Å². The van der Waals surface area contributed by atoms with Crippen molar-refractivity contribution in [3.8, 4) is 5.88 Å². The number of aromatic nitrogens is 1. The van der Waals surface area contributed by atoms with Crippen LogP contribution in [0.2, 0.25) is 0 Å². The minimum absolute atomic E-state index is 0.0926. The lowest BCUT2D eigenvalue weighted by Crippen LogP contribution is -2.44. The van der Waals surface area contributed by atoms with Crippen LogP contribution in [0.15, 0.2) is 24.4 Å². The first-order valence-electron chi connectivity index (χ1n) is 8.91. The molecule has 4 heterocycles. The standard InChI is InChI=1S/C18H26N2O3/c1-2-8-19-17(5-1)23-16-13-20(12-14-6-10-21-11-7-14)15-4-3-9-22-18(15)16/h1-2,5,8,14-16,18H,3-4,6-7,9-13H2/t15-,16+,18+/m1/s1. The number of hydrogen-bond acceptors (Lipinski definition) is 5. The monoisotopic (exact) mass is 318 g/mol. The Balaban J connectivity index is 1.43. The van der Waals surface area contributed by atoms with E-state index >= 15 is 0 Å². The summed E-state index contributed by atoms with van der Waals surface area (Å²) in [6, 6.07) is 6.31. The third-order valence-electron chi connectivity index (χ3n) is 5.33. The van der Waals surface area contributed by atoms with Crippen molar-refractivity contribution < 1.29 is 14.2 Å². The van der Waals surface area contributed by atoms with Gasteiger partial charge in [0.25, 0.3) is 0 Å². The average molecular weight is 318 g/mol. The molecular formula is C18H26N2O3. The predicted molar refractivity (Wildman–Crippen MR) is 86.5 cm³/mol. The van der Waals surface area contributed by atoms with Crippen LogP contribution in [0, 0.1) is 5.92 Å². The van der Waals surface area contributed by atoms with Crippen molar-refractivity contribution in [3.05, 3.63) is 24.4 Å². The minimum Gasteiger partial charge on any atom is -0.470 e. The van der Waals surface area contributed by atoms with Gasteiger partial charge in [-0.15, -0.1) is 0 Å². The van der Waals surface area contributed by atoms with Crippen molar-refractivity contribution in [3.63, 3.8) is 0 Å². The number of fused-ring (bicyclic) bond motifs is 1. The van der Waals surface area contributed by atoms with Gasteiger partial charge in [-0.2, -0.15) is 0 Å². The zero-order chi connectivity index (χ0) is 15.5. The second kappa shape index (κ2) is 7.16. The Bertz CT molecular complexity index is 492. The molecule has 0 aromatic carbocycles. The summed E-state index contributed by atoms with van der Waals surface area (Å²) < 4.78 is 17.7. The number of pyridine rings is 1. The highest BCUT2D eigenvalue weighted by Crippen LogP contribution is 2.32. The summed E-state index contributed by atoms with van der Waals surface area (Å²) >= 11 is 0. The fourth-order valence-electron chi connectivity index (χ4n) is 4.15. The molecule has 0 spiro atoms. The van der Waals surface area contributed by atoms with Crippen molar-refractivity contribution in [2.75, 3.05) is 32.9 Å². The SMILES string of the molecule is c1ccc(O[C@H]2CN(CC3CCOCC3)[C@@H]3CCCO[C@H]23)nc1. The molecule has 0 bridgehead atoms. The molecule has 3 aliphatic heterocycles. The highest BCUT2D eigenvalue weighted by atomic mass is 16.5. The third kappa shape index (κ3) is 3.52. The van der Waals surface area contributed by atoms with E-state index in [1.165, 1.54) is 19.3 Å². The van der Waals surface area contributed by atoms with Gasteiger partial charge in [0.2, 0.25) is 5.88 Å². The fourth-order valence-corrected chi connectivity index (χ4v) is 4.15. The van der Waals surface area contributed by atoms with Crippen LogP contribution < -0.4 is 4.74 Å². The van der Waals surface area contributed by atoms with Crippen molar-refractivity contribution in [2.24, 2.45) is 5.92 Å². The third-order valence-corrected chi connectivity index (χ3v) is 5.33. The quantitative estimate of drug-likeness (QED) is 0.851. The summed E-state index contributed by atoms with van der Waals surface area (Å²) in [5.41, 5.74) is 0.